The first-order valence-corrected chi connectivity index (χ1v) is 9.27. The number of carbonyl (C=O) groups is 1. The quantitative estimate of drug-likeness (QED) is 0.671. The third kappa shape index (κ3) is 4.17. The second-order valence-electron chi connectivity index (χ2n) is 6.74. The summed E-state index contributed by atoms with van der Waals surface area (Å²) in [5.41, 5.74) is 4.15. The van der Waals surface area contributed by atoms with E-state index in [0.717, 1.165) is 35.3 Å². The highest BCUT2D eigenvalue weighted by molar-refractivity contribution is 5.94. The minimum absolute atomic E-state index is 0.0532. The predicted octanol–water partition coefficient (Wildman–Crippen LogP) is 3.90. The molecule has 0 atom stereocenters. The molecule has 0 saturated carbocycles. The fourth-order valence-corrected chi connectivity index (χ4v) is 3.37. The highest BCUT2D eigenvalue weighted by atomic mass is 16.5. The van der Waals surface area contributed by atoms with Crippen molar-refractivity contribution in [1.29, 1.82) is 0 Å². The molecule has 0 unspecified atom stereocenters. The summed E-state index contributed by atoms with van der Waals surface area (Å²) in [6.45, 7) is 1.93. The zero-order valence-corrected chi connectivity index (χ0v) is 15.2. The van der Waals surface area contributed by atoms with E-state index >= 15 is 0 Å². The molecule has 136 valence electrons. The van der Waals surface area contributed by atoms with Crippen molar-refractivity contribution < 1.29 is 9.53 Å². The maximum absolute atomic E-state index is 13.2. The van der Waals surface area contributed by atoms with E-state index in [-0.39, 0.29) is 5.91 Å². The molecule has 0 aliphatic carbocycles. The van der Waals surface area contributed by atoms with Crippen LogP contribution in [0.25, 0.3) is 0 Å². The number of benzene rings is 2. The Hall–Kier alpha value is -3.14. The summed E-state index contributed by atoms with van der Waals surface area (Å²) in [5, 5.41) is 0. The molecule has 4 nitrogen and oxygen atoms in total. The number of carbonyl (C=O) groups excluding carboxylic acids is 1. The van der Waals surface area contributed by atoms with Gasteiger partial charge >= 0.3 is 0 Å². The Kier molecular flexibility index (Phi) is 5.15. The third-order valence-corrected chi connectivity index (χ3v) is 4.86. The van der Waals surface area contributed by atoms with Gasteiger partial charge in [-0.25, -0.2) is 0 Å². The molecule has 3 aromatic rings. The van der Waals surface area contributed by atoms with Gasteiger partial charge in [0.1, 0.15) is 5.75 Å². The van der Waals surface area contributed by atoms with E-state index in [1.165, 1.54) is 5.56 Å². The lowest BCUT2D eigenvalue weighted by atomic mass is 10.1. The highest BCUT2D eigenvalue weighted by Gasteiger charge is 2.20. The molecule has 0 saturated heterocycles. The van der Waals surface area contributed by atoms with E-state index in [1.807, 2.05) is 53.4 Å². The van der Waals surface area contributed by atoms with Crippen molar-refractivity contribution in [3.05, 3.63) is 95.3 Å². The molecule has 0 radical (unpaired) electrons. The zero-order valence-electron chi connectivity index (χ0n) is 15.2. The minimum atomic E-state index is 0.0532. The van der Waals surface area contributed by atoms with Crippen LogP contribution < -0.4 is 4.74 Å². The Labute approximate surface area is 159 Å². The normalized spacial score (nSPS) is 12.3. The van der Waals surface area contributed by atoms with Gasteiger partial charge < -0.3 is 9.64 Å². The van der Waals surface area contributed by atoms with Gasteiger partial charge in [0, 0.05) is 37.5 Å². The lowest BCUT2D eigenvalue weighted by molar-refractivity contribution is 0.0745. The van der Waals surface area contributed by atoms with Gasteiger partial charge in [-0.3, -0.25) is 9.78 Å². The van der Waals surface area contributed by atoms with Crippen molar-refractivity contribution in [3.8, 4) is 5.75 Å². The molecule has 0 spiro atoms. The molecule has 1 aliphatic rings. The van der Waals surface area contributed by atoms with E-state index in [1.54, 1.807) is 12.4 Å². The largest absolute Gasteiger partial charge is 0.493 e. The monoisotopic (exact) mass is 358 g/mol. The lowest BCUT2D eigenvalue weighted by Crippen LogP contribution is -2.32. The van der Waals surface area contributed by atoms with E-state index in [0.29, 0.717) is 19.7 Å². The first-order chi connectivity index (χ1) is 13.3. The summed E-state index contributed by atoms with van der Waals surface area (Å²) in [6, 6.07) is 20.0. The lowest BCUT2D eigenvalue weighted by Gasteiger charge is -2.23. The van der Waals surface area contributed by atoms with Crippen molar-refractivity contribution in [1.82, 2.24) is 9.88 Å². The smallest absolute Gasteiger partial charge is 0.254 e. The summed E-state index contributed by atoms with van der Waals surface area (Å²) in [4.78, 5) is 19.2. The van der Waals surface area contributed by atoms with Crippen molar-refractivity contribution >= 4 is 5.91 Å². The molecular weight excluding hydrogens is 336 g/mol. The molecule has 4 heteroatoms. The molecule has 27 heavy (non-hydrogen) atoms. The standard InChI is InChI=1S/C23H22N2O2/c26-23(21-6-7-22-20(16-21)11-15-27-22)25(17-19-8-12-24-13-9-19)14-10-18-4-2-1-3-5-18/h1-9,12-13,16H,10-11,14-15,17H2. The Bertz CT molecular complexity index is 910. The summed E-state index contributed by atoms with van der Waals surface area (Å²) in [6.07, 6.45) is 5.22. The maximum atomic E-state index is 13.2. The summed E-state index contributed by atoms with van der Waals surface area (Å²) in [7, 11) is 0. The molecule has 4 rings (SSSR count). The second kappa shape index (κ2) is 8.04. The number of ether oxygens (including phenoxy) is 1. The van der Waals surface area contributed by atoms with E-state index in [2.05, 4.69) is 17.1 Å². The van der Waals surface area contributed by atoms with Crippen molar-refractivity contribution in [2.24, 2.45) is 0 Å². The number of nitrogens with zero attached hydrogens (tertiary/aromatic N) is 2. The zero-order chi connectivity index (χ0) is 18.5. The molecule has 0 fully saturated rings. The molecule has 2 aromatic carbocycles. The fraction of sp³-hybridized carbons (Fsp3) is 0.217. The Morgan fingerprint density at radius 2 is 1.81 bits per heavy atom. The average molecular weight is 358 g/mol. The first-order valence-electron chi connectivity index (χ1n) is 9.27. The molecule has 1 aromatic heterocycles. The van der Waals surface area contributed by atoms with Gasteiger partial charge in [-0.05, 0) is 53.4 Å². The highest BCUT2D eigenvalue weighted by Crippen LogP contribution is 2.26. The maximum Gasteiger partial charge on any atom is 0.254 e. The molecule has 1 amide bonds. The Morgan fingerprint density at radius 3 is 2.63 bits per heavy atom. The van der Waals surface area contributed by atoms with Gasteiger partial charge in [0.25, 0.3) is 5.91 Å². The number of aromatic nitrogens is 1. The van der Waals surface area contributed by atoms with Crippen molar-refractivity contribution in [2.45, 2.75) is 19.4 Å². The number of rotatable bonds is 6. The molecule has 1 aliphatic heterocycles. The SMILES string of the molecule is O=C(c1ccc2c(c1)CCO2)N(CCc1ccccc1)Cc1ccncc1. The van der Waals surface area contributed by atoms with Crippen LogP contribution in [0.15, 0.2) is 73.1 Å². The third-order valence-electron chi connectivity index (χ3n) is 4.86. The number of hydrogen-bond acceptors (Lipinski definition) is 3. The van der Waals surface area contributed by atoms with Crippen LogP contribution in [0.3, 0.4) is 0 Å². The van der Waals surface area contributed by atoms with Gasteiger partial charge in [-0.2, -0.15) is 0 Å². The first kappa shape index (κ1) is 17.3. The van der Waals surface area contributed by atoms with Gasteiger partial charge in [-0.1, -0.05) is 30.3 Å². The number of amides is 1. The molecule has 0 bridgehead atoms. The van der Waals surface area contributed by atoms with Gasteiger partial charge in [-0.15, -0.1) is 0 Å². The fourth-order valence-electron chi connectivity index (χ4n) is 3.37. The van der Waals surface area contributed by atoms with E-state index in [4.69, 9.17) is 4.74 Å². The van der Waals surface area contributed by atoms with Crippen LogP contribution >= 0.6 is 0 Å². The number of pyridine rings is 1. The summed E-state index contributed by atoms with van der Waals surface area (Å²) < 4.78 is 5.56. The van der Waals surface area contributed by atoms with Crippen LogP contribution in [-0.4, -0.2) is 28.9 Å². The predicted molar refractivity (Wildman–Crippen MR) is 105 cm³/mol. The minimum Gasteiger partial charge on any atom is -0.493 e. The van der Waals surface area contributed by atoms with Crippen molar-refractivity contribution in [2.75, 3.05) is 13.2 Å². The van der Waals surface area contributed by atoms with Crippen LogP contribution in [0.2, 0.25) is 0 Å². The topological polar surface area (TPSA) is 42.4 Å². The van der Waals surface area contributed by atoms with Gasteiger partial charge in [0.05, 0.1) is 6.61 Å². The van der Waals surface area contributed by atoms with Crippen LogP contribution in [-0.2, 0) is 19.4 Å². The summed E-state index contributed by atoms with van der Waals surface area (Å²) in [5.74, 6) is 0.953. The molecular formula is C23H22N2O2. The van der Waals surface area contributed by atoms with Crippen LogP contribution in [0.1, 0.15) is 27.0 Å². The van der Waals surface area contributed by atoms with E-state index < -0.39 is 0 Å². The number of hydrogen-bond donors (Lipinski definition) is 0. The molecule has 0 N–H and O–H groups in total. The number of fused-ring (bicyclic) bond motifs is 1. The Balaban J connectivity index is 1.55. The van der Waals surface area contributed by atoms with Crippen molar-refractivity contribution in [3.63, 3.8) is 0 Å². The average Bonchev–Trinajstić information content (AvgIpc) is 3.20. The van der Waals surface area contributed by atoms with Gasteiger partial charge in [0.15, 0.2) is 0 Å². The second-order valence-corrected chi connectivity index (χ2v) is 6.74. The van der Waals surface area contributed by atoms with Crippen LogP contribution in [0, 0.1) is 0 Å². The summed E-state index contributed by atoms with van der Waals surface area (Å²) >= 11 is 0. The van der Waals surface area contributed by atoms with Crippen LogP contribution in [0.5, 0.6) is 5.75 Å². The van der Waals surface area contributed by atoms with E-state index in [9.17, 15) is 4.79 Å². The molecule has 2 heterocycles. The van der Waals surface area contributed by atoms with Crippen LogP contribution in [0.4, 0.5) is 0 Å². The van der Waals surface area contributed by atoms with Gasteiger partial charge in [0.2, 0.25) is 0 Å². The Morgan fingerprint density at radius 1 is 1.00 bits per heavy atom.